The number of hydrogen-bond donors (Lipinski definition) is 1. The van der Waals surface area contributed by atoms with Crippen LogP contribution in [0.2, 0.25) is 0 Å². The maximum Gasteiger partial charge on any atom is 0.251 e. The lowest BCUT2D eigenvalue weighted by molar-refractivity contribution is -0.174. The van der Waals surface area contributed by atoms with E-state index in [1.54, 1.807) is 0 Å². The molecule has 0 saturated carbocycles. The molecular weight excluding hydrogens is 396 g/mol. The average Bonchev–Trinajstić information content (AvgIpc) is 3.55. The first-order valence-electron chi connectivity index (χ1n) is 11.5. The van der Waals surface area contributed by atoms with Crippen LogP contribution >= 0.6 is 0 Å². The van der Waals surface area contributed by atoms with E-state index in [1.165, 1.54) is 0 Å². The van der Waals surface area contributed by atoms with Gasteiger partial charge < -0.3 is 23.8 Å². The van der Waals surface area contributed by atoms with E-state index in [0.29, 0.717) is 13.1 Å². The Morgan fingerprint density at radius 3 is 2.87 bits per heavy atom. The van der Waals surface area contributed by atoms with E-state index in [1.807, 2.05) is 12.4 Å². The monoisotopic (exact) mass is 428 g/mol. The number of aromatic nitrogens is 2. The number of fused-ring (bicyclic) bond motifs is 2. The van der Waals surface area contributed by atoms with Crippen LogP contribution in [0.4, 0.5) is 0 Å². The molecule has 31 heavy (non-hydrogen) atoms. The third-order valence-electron chi connectivity index (χ3n) is 6.78. The van der Waals surface area contributed by atoms with Crippen LogP contribution in [0.3, 0.4) is 0 Å². The largest absolute Gasteiger partial charge is 0.465 e. The third-order valence-corrected chi connectivity index (χ3v) is 6.78. The number of nitrogens with one attached hydrogen (secondary N) is 1. The molecule has 168 valence electrons. The highest BCUT2D eigenvalue weighted by Crippen LogP contribution is 2.40. The van der Waals surface area contributed by atoms with Gasteiger partial charge in [0.25, 0.3) is 5.91 Å². The smallest absolute Gasteiger partial charge is 0.251 e. The first kappa shape index (κ1) is 20.7. The molecule has 8 heteroatoms. The van der Waals surface area contributed by atoms with Crippen molar-refractivity contribution in [1.82, 2.24) is 19.8 Å². The zero-order valence-corrected chi connectivity index (χ0v) is 18.2. The van der Waals surface area contributed by atoms with Crippen molar-refractivity contribution in [3.8, 4) is 0 Å². The number of rotatable bonds is 6. The lowest BCUT2D eigenvalue weighted by Gasteiger charge is -2.45. The number of nitrogens with zero attached hydrogens (tertiary/aromatic N) is 3. The van der Waals surface area contributed by atoms with Crippen molar-refractivity contribution in [2.24, 2.45) is 0 Å². The van der Waals surface area contributed by atoms with E-state index in [9.17, 15) is 4.79 Å². The second kappa shape index (κ2) is 8.76. The first-order valence-corrected chi connectivity index (χ1v) is 11.5. The molecule has 2 atom stereocenters. The van der Waals surface area contributed by atoms with Crippen LogP contribution in [0.5, 0.6) is 0 Å². The lowest BCUT2D eigenvalue weighted by Crippen LogP contribution is -2.54. The van der Waals surface area contributed by atoms with Crippen molar-refractivity contribution in [3.63, 3.8) is 0 Å². The zero-order chi connectivity index (χ0) is 21.3. The van der Waals surface area contributed by atoms with Gasteiger partial charge in [0.1, 0.15) is 22.9 Å². The summed E-state index contributed by atoms with van der Waals surface area (Å²) in [6.07, 6.45) is 7.99. The van der Waals surface area contributed by atoms with E-state index in [2.05, 4.69) is 38.8 Å². The molecule has 1 spiro atoms. The van der Waals surface area contributed by atoms with Gasteiger partial charge in [-0.15, -0.1) is 0 Å². The topological polar surface area (TPSA) is 81.8 Å². The number of aryl methyl sites for hydroxylation is 1. The summed E-state index contributed by atoms with van der Waals surface area (Å²) in [5, 5.41) is 3.04. The molecular formula is C23H32N4O4. The Bertz CT molecular complexity index is 893. The van der Waals surface area contributed by atoms with Gasteiger partial charge in [-0.3, -0.25) is 9.69 Å². The highest BCUT2D eigenvalue weighted by Gasteiger charge is 2.47. The molecule has 0 bridgehead atoms. The van der Waals surface area contributed by atoms with Gasteiger partial charge in [-0.1, -0.05) is 6.92 Å². The molecule has 1 amide bonds. The van der Waals surface area contributed by atoms with Crippen molar-refractivity contribution in [1.29, 1.82) is 0 Å². The minimum atomic E-state index is -0.512. The van der Waals surface area contributed by atoms with Gasteiger partial charge >= 0.3 is 0 Å². The molecule has 2 saturated heterocycles. The normalized spacial score (nSPS) is 25.6. The fraction of sp³-hybridized carbons (Fsp3) is 0.652. The third kappa shape index (κ3) is 4.29. The molecule has 5 rings (SSSR count). The summed E-state index contributed by atoms with van der Waals surface area (Å²) in [7, 11) is 0. The Hall–Kier alpha value is -2.16. The molecule has 0 radical (unpaired) electrons. The maximum atomic E-state index is 12.9. The predicted octanol–water partition coefficient (Wildman–Crippen LogP) is 2.22. The number of imidazole rings is 1. The van der Waals surface area contributed by atoms with Crippen molar-refractivity contribution < 1.29 is 18.7 Å². The van der Waals surface area contributed by atoms with Gasteiger partial charge in [-0.05, 0) is 37.8 Å². The van der Waals surface area contributed by atoms with E-state index >= 15 is 0 Å². The highest BCUT2D eigenvalue weighted by atomic mass is 16.5. The summed E-state index contributed by atoms with van der Waals surface area (Å²) in [5.41, 5.74) is -0.512. The van der Waals surface area contributed by atoms with Crippen LogP contribution in [0.1, 0.15) is 50.0 Å². The van der Waals surface area contributed by atoms with Crippen molar-refractivity contribution >= 4 is 5.91 Å². The minimum Gasteiger partial charge on any atom is -0.465 e. The number of piperidine rings is 1. The van der Waals surface area contributed by atoms with Crippen LogP contribution in [0.15, 0.2) is 28.9 Å². The molecule has 5 heterocycles. The summed E-state index contributed by atoms with van der Waals surface area (Å²) < 4.78 is 20.1. The molecule has 0 aliphatic carbocycles. The summed E-state index contributed by atoms with van der Waals surface area (Å²) >= 11 is 0. The van der Waals surface area contributed by atoms with E-state index in [-0.39, 0.29) is 12.0 Å². The summed E-state index contributed by atoms with van der Waals surface area (Å²) in [6.45, 7) is 6.50. The Balaban J connectivity index is 1.23. The van der Waals surface area contributed by atoms with E-state index < -0.39 is 11.7 Å². The number of hydrogen-bond acceptors (Lipinski definition) is 6. The fourth-order valence-electron chi connectivity index (χ4n) is 5.00. The summed E-state index contributed by atoms with van der Waals surface area (Å²) in [4.78, 5) is 19.9. The molecule has 3 aliphatic rings. The predicted molar refractivity (Wildman–Crippen MR) is 113 cm³/mol. The van der Waals surface area contributed by atoms with Crippen molar-refractivity contribution in [2.45, 2.75) is 69.9 Å². The number of carbonyl (C=O) groups excluding carboxylic acids is 1. The Morgan fingerprint density at radius 2 is 2.13 bits per heavy atom. The van der Waals surface area contributed by atoms with Crippen molar-refractivity contribution in [2.75, 3.05) is 26.2 Å². The molecule has 0 unspecified atom stereocenters. The van der Waals surface area contributed by atoms with Crippen LogP contribution in [0.25, 0.3) is 0 Å². The van der Waals surface area contributed by atoms with Gasteiger partial charge in [0, 0.05) is 45.1 Å². The molecule has 1 N–H and O–H groups in total. The highest BCUT2D eigenvalue weighted by molar-refractivity contribution is 5.81. The van der Waals surface area contributed by atoms with Crippen LogP contribution in [-0.4, -0.2) is 58.8 Å². The molecule has 2 fully saturated rings. The Labute approximate surface area is 182 Å². The molecule has 2 aromatic heterocycles. The quantitative estimate of drug-likeness (QED) is 0.760. The Morgan fingerprint density at radius 1 is 1.29 bits per heavy atom. The lowest BCUT2D eigenvalue weighted by atomic mass is 9.88. The maximum absolute atomic E-state index is 12.9. The Kier molecular flexibility index (Phi) is 5.86. The standard InChI is InChI=1S/C23H32N4O4/c1-2-17-5-6-19(30-17)15-26-10-7-23(8-11-26)22-24-9-12-27(22)16-20(31-23)21(28)25-14-18-4-3-13-29-18/h5-6,9,12,18,20H,2-4,7-8,10-11,13-16H2,1H3,(H,25,28)/t18-,20-/m0/s1. The number of furan rings is 1. The van der Waals surface area contributed by atoms with E-state index in [4.69, 9.17) is 13.9 Å². The van der Waals surface area contributed by atoms with E-state index in [0.717, 1.165) is 75.7 Å². The van der Waals surface area contributed by atoms with Gasteiger partial charge in [0.05, 0.1) is 19.2 Å². The van der Waals surface area contributed by atoms with Crippen LogP contribution in [0, 0.1) is 0 Å². The van der Waals surface area contributed by atoms with Gasteiger partial charge in [0.2, 0.25) is 0 Å². The number of likely N-dealkylation sites (tertiary alicyclic amines) is 1. The second-order valence-electron chi connectivity index (χ2n) is 8.88. The summed E-state index contributed by atoms with van der Waals surface area (Å²) in [5.74, 6) is 2.92. The average molecular weight is 429 g/mol. The number of amides is 1. The first-order chi connectivity index (χ1) is 15.1. The zero-order valence-electron chi connectivity index (χ0n) is 18.2. The van der Waals surface area contributed by atoms with Crippen LogP contribution in [-0.2, 0) is 39.4 Å². The van der Waals surface area contributed by atoms with Crippen molar-refractivity contribution in [3.05, 3.63) is 41.9 Å². The van der Waals surface area contributed by atoms with Gasteiger partial charge in [-0.2, -0.15) is 0 Å². The SMILES string of the molecule is CCc1ccc(CN2CCC3(CC2)O[C@H](C(=O)NC[C@@H]2CCCO2)Cn2ccnc23)o1. The molecule has 0 aromatic carbocycles. The summed E-state index contributed by atoms with van der Waals surface area (Å²) in [6, 6.07) is 4.13. The second-order valence-corrected chi connectivity index (χ2v) is 8.88. The number of ether oxygens (including phenoxy) is 2. The number of carbonyl (C=O) groups is 1. The molecule has 2 aromatic rings. The molecule has 3 aliphatic heterocycles. The molecule has 8 nitrogen and oxygen atoms in total. The fourth-order valence-corrected chi connectivity index (χ4v) is 5.00. The van der Waals surface area contributed by atoms with Gasteiger partial charge in [-0.25, -0.2) is 4.98 Å². The van der Waals surface area contributed by atoms with Crippen LogP contribution < -0.4 is 5.32 Å². The van der Waals surface area contributed by atoms with Gasteiger partial charge in [0.15, 0.2) is 6.10 Å². The minimum absolute atomic E-state index is 0.0562.